The summed E-state index contributed by atoms with van der Waals surface area (Å²) in [7, 11) is 0. The van der Waals surface area contributed by atoms with Crippen LogP contribution in [0.2, 0.25) is 0 Å². The van der Waals surface area contributed by atoms with E-state index in [0.29, 0.717) is 12.0 Å². The highest BCUT2D eigenvalue weighted by Crippen LogP contribution is 2.33. The quantitative estimate of drug-likeness (QED) is 0.621. The van der Waals surface area contributed by atoms with E-state index in [1.54, 1.807) is 31.2 Å². The maximum Gasteiger partial charge on any atom is 0.507 e. The minimum Gasteiger partial charge on any atom is -0.450 e. The van der Waals surface area contributed by atoms with Crippen LogP contribution in [0.3, 0.4) is 0 Å². The molecule has 4 heteroatoms. The normalized spacial score (nSPS) is 14.4. The number of hydrogen-bond acceptors (Lipinski definition) is 2. The summed E-state index contributed by atoms with van der Waals surface area (Å²) in [6.07, 6.45) is -0.990. The summed E-state index contributed by atoms with van der Waals surface area (Å²) < 4.78 is 4.66. The molecule has 1 unspecified atom stereocenters. The molecular formula is C10H11ClO3. The smallest absolute Gasteiger partial charge is 0.450 e. The van der Waals surface area contributed by atoms with Crippen LogP contribution in [-0.4, -0.2) is 11.3 Å². The van der Waals surface area contributed by atoms with E-state index in [1.165, 1.54) is 0 Å². The summed E-state index contributed by atoms with van der Waals surface area (Å²) in [6, 6.07) is 8.87. The summed E-state index contributed by atoms with van der Waals surface area (Å²) >= 11 is 6.04. The third-order valence-electron chi connectivity index (χ3n) is 1.91. The molecule has 1 aromatic rings. The summed E-state index contributed by atoms with van der Waals surface area (Å²) in [4.78, 5) is 10.4. The third-order valence-corrected chi connectivity index (χ3v) is 2.47. The number of halogens is 1. The van der Waals surface area contributed by atoms with Crippen LogP contribution >= 0.6 is 11.6 Å². The van der Waals surface area contributed by atoms with E-state index in [1.807, 2.05) is 6.07 Å². The number of carboxylic acid groups (broad SMARTS) is 1. The number of hydrogen-bond donors (Lipinski definition) is 1. The van der Waals surface area contributed by atoms with E-state index < -0.39 is 11.2 Å². The standard InChI is InChI=1S/C10H11ClO3/c1-2-10(11,14-9(12)13)8-6-4-3-5-7-8/h3-7H,2H2,1H3,(H,12,13). The van der Waals surface area contributed by atoms with Gasteiger partial charge in [-0.05, 0) is 0 Å². The number of ether oxygens (including phenoxy) is 1. The van der Waals surface area contributed by atoms with Crippen molar-refractivity contribution in [3.05, 3.63) is 35.9 Å². The van der Waals surface area contributed by atoms with Gasteiger partial charge in [0.25, 0.3) is 0 Å². The largest absolute Gasteiger partial charge is 0.507 e. The summed E-state index contributed by atoms with van der Waals surface area (Å²) in [5.41, 5.74) is 0.645. The first-order valence-corrected chi connectivity index (χ1v) is 4.62. The Morgan fingerprint density at radius 3 is 2.50 bits per heavy atom. The van der Waals surface area contributed by atoms with Crippen molar-refractivity contribution in [1.82, 2.24) is 0 Å². The van der Waals surface area contributed by atoms with Gasteiger partial charge in [-0.1, -0.05) is 48.9 Å². The van der Waals surface area contributed by atoms with Crippen molar-refractivity contribution in [3.8, 4) is 0 Å². The highest BCUT2D eigenvalue weighted by Gasteiger charge is 2.31. The maximum atomic E-state index is 10.4. The zero-order valence-electron chi connectivity index (χ0n) is 7.74. The number of alkyl halides is 1. The fraction of sp³-hybridized carbons (Fsp3) is 0.300. The number of carbonyl (C=O) groups is 1. The van der Waals surface area contributed by atoms with E-state index in [-0.39, 0.29) is 0 Å². The highest BCUT2D eigenvalue weighted by molar-refractivity contribution is 6.23. The van der Waals surface area contributed by atoms with Crippen LogP contribution in [-0.2, 0) is 9.80 Å². The second-order valence-corrected chi connectivity index (χ2v) is 3.43. The zero-order chi connectivity index (χ0) is 10.6. The van der Waals surface area contributed by atoms with E-state index in [4.69, 9.17) is 16.7 Å². The molecule has 0 aliphatic rings. The first kappa shape index (κ1) is 10.9. The molecule has 0 saturated carbocycles. The predicted molar refractivity (Wildman–Crippen MR) is 53.4 cm³/mol. The molecule has 76 valence electrons. The summed E-state index contributed by atoms with van der Waals surface area (Å²) in [6.45, 7) is 1.77. The van der Waals surface area contributed by atoms with Gasteiger partial charge in [0.1, 0.15) is 0 Å². The Kier molecular flexibility index (Phi) is 3.36. The molecule has 0 aromatic heterocycles. The minimum atomic E-state index is -1.37. The van der Waals surface area contributed by atoms with Crippen LogP contribution in [0.5, 0.6) is 0 Å². The van der Waals surface area contributed by atoms with Crippen molar-refractivity contribution in [2.75, 3.05) is 0 Å². The fourth-order valence-electron chi connectivity index (χ4n) is 1.16. The molecule has 0 spiro atoms. The Bertz CT molecular complexity index is 312. The van der Waals surface area contributed by atoms with Gasteiger partial charge in [0.2, 0.25) is 5.06 Å². The monoisotopic (exact) mass is 214 g/mol. The topological polar surface area (TPSA) is 46.5 Å². The van der Waals surface area contributed by atoms with E-state index in [0.717, 1.165) is 0 Å². The van der Waals surface area contributed by atoms with Crippen LogP contribution in [0.25, 0.3) is 0 Å². The van der Waals surface area contributed by atoms with E-state index >= 15 is 0 Å². The summed E-state index contributed by atoms with van der Waals surface area (Å²) in [5.74, 6) is 0. The highest BCUT2D eigenvalue weighted by atomic mass is 35.5. The first-order chi connectivity index (χ1) is 6.58. The molecule has 1 rings (SSSR count). The molecule has 14 heavy (non-hydrogen) atoms. The van der Waals surface area contributed by atoms with Gasteiger partial charge in [-0.2, -0.15) is 0 Å². The van der Waals surface area contributed by atoms with Crippen molar-refractivity contribution in [2.45, 2.75) is 18.4 Å². The molecule has 0 radical (unpaired) electrons. The number of benzene rings is 1. The Hall–Kier alpha value is -1.22. The van der Waals surface area contributed by atoms with Gasteiger partial charge in [0.15, 0.2) is 0 Å². The lowest BCUT2D eigenvalue weighted by atomic mass is 10.1. The van der Waals surface area contributed by atoms with E-state index in [9.17, 15) is 4.79 Å². The molecule has 0 heterocycles. The zero-order valence-corrected chi connectivity index (χ0v) is 8.49. The molecule has 0 bridgehead atoms. The fourth-order valence-corrected chi connectivity index (χ4v) is 1.35. The van der Waals surface area contributed by atoms with Crippen molar-refractivity contribution in [1.29, 1.82) is 0 Å². The Morgan fingerprint density at radius 1 is 1.50 bits per heavy atom. The third kappa shape index (κ3) is 2.39. The van der Waals surface area contributed by atoms with Gasteiger partial charge in [-0.25, -0.2) is 4.79 Å². The van der Waals surface area contributed by atoms with Crippen molar-refractivity contribution in [2.24, 2.45) is 0 Å². The predicted octanol–water partition coefficient (Wildman–Crippen LogP) is 3.18. The molecule has 1 aromatic carbocycles. The molecule has 0 aliphatic heterocycles. The lowest BCUT2D eigenvalue weighted by Crippen LogP contribution is -2.24. The Morgan fingerprint density at radius 2 is 2.07 bits per heavy atom. The lowest BCUT2D eigenvalue weighted by molar-refractivity contribution is 0.0261. The number of rotatable bonds is 3. The SMILES string of the molecule is CCC(Cl)(OC(=O)O)c1ccccc1. The van der Waals surface area contributed by atoms with Gasteiger partial charge in [-0.15, -0.1) is 0 Å². The van der Waals surface area contributed by atoms with Gasteiger partial charge >= 0.3 is 6.16 Å². The van der Waals surface area contributed by atoms with Gasteiger partial charge in [0, 0.05) is 12.0 Å². The Balaban J connectivity index is 2.95. The molecular weight excluding hydrogens is 204 g/mol. The molecule has 1 atom stereocenters. The van der Waals surface area contributed by atoms with Crippen molar-refractivity contribution in [3.63, 3.8) is 0 Å². The molecule has 1 N–H and O–H groups in total. The first-order valence-electron chi connectivity index (χ1n) is 4.25. The van der Waals surface area contributed by atoms with Gasteiger partial charge in [0.05, 0.1) is 0 Å². The van der Waals surface area contributed by atoms with Gasteiger partial charge in [-0.3, -0.25) is 0 Å². The Labute approximate surface area is 87.3 Å². The molecule has 0 fully saturated rings. The molecule has 0 saturated heterocycles. The average molecular weight is 215 g/mol. The van der Waals surface area contributed by atoms with E-state index in [2.05, 4.69) is 4.74 Å². The molecule has 0 aliphatic carbocycles. The average Bonchev–Trinajstić information content (AvgIpc) is 2.18. The minimum absolute atomic E-state index is 0.380. The maximum absolute atomic E-state index is 10.4. The van der Waals surface area contributed by atoms with Gasteiger partial charge < -0.3 is 9.84 Å². The second-order valence-electron chi connectivity index (χ2n) is 2.82. The van der Waals surface area contributed by atoms with Crippen LogP contribution in [0.1, 0.15) is 18.9 Å². The van der Waals surface area contributed by atoms with Crippen LogP contribution in [0.4, 0.5) is 4.79 Å². The molecule has 0 amide bonds. The lowest BCUT2D eigenvalue weighted by Gasteiger charge is -2.24. The van der Waals surface area contributed by atoms with Crippen molar-refractivity contribution < 1.29 is 14.6 Å². The summed E-state index contributed by atoms with van der Waals surface area (Å²) in [5, 5.41) is 7.26. The van der Waals surface area contributed by atoms with Crippen LogP contribution in [0, 0.1) is 0 Å². The van der Waals surface area contributed by atoms with Crippen molar-refractivity contribution >= 4 is 17.8 Å². The second kappa shape index (κ2) is 4.33. The van der Waals surface area contributed by atoms with Crippen LogP contribution < -0.4 is 0 Å². The van der Waals surface area contributed by atoms with Crippen LogP contribution in [0.15, 0.2) is 30.3 Å². The molecule has 3 nitrogen and oxygen atoms in total.